The monoisotopic (exact) mass is 436 g/mol. The number of anilines is 2. The lowest BCUT2D eigenvalue weighted by atomic mass is 10.1. The Labute approximate surface area is 185 Å². The largest absolute Gasteiger partial charge is 0.462 e. The normalized spacial score (nSPS) is 10.4. The van der Waals surface area contributed by atoms with E-state index < -0.39 is 5.97 Å². The lowest BCUT2D eigenvalue weighted by Crippen LogP contribution is -2.16. The summed E-state index contributed by atoms with van der Waals surface area (Å²) in [6.07, 6.45) is 0.158. The third-order valence-corrected chi connectivity index (χ3v) is 5.89. The quantitative estimate of drug-likeness (QED) is 0.512. The maximum Gasteiger partial charge on any atom is 0.341 e. The average molecular weight is 437 g/mol. The van der Waals surface area contributed by atoms with Gasteiger partial charge in [-0.2, -0.15) is 0 Å². The molecule has 2 amide bonds. The number of nitrogens with one attached hydrogen (secondary N) is 2. The van der Waals surface area contributed by atoms with Gasteiger partial charge in [-0.05, 0) is 43.5 Å². The number of benzene rings is 2. The minimum atomic E-state index is -0.568. The van der Waals surface area contributed by atoms with Gasteiger partial charge in [0.2, 0.25) is 5.91 Å². The highest BCUT2D eigenvalue weighted by Crippen LogP contribution is 2.34. The Kier molecular flexibility index (Phi) is 7.20. The highest BCUT2D eigenvalue weighted by molar-refractivity contribution is 7.18. The van der Waals surface area contributed by atoms with Crippen LogP contribution in [0.3, 0.4) is 0 Å². The fraction of sp³-hybridized carbons (Fsp3) is 0.208. The van der Waals surface area contributed by atoms with E-state index in [9.17, 15) is 14.4 Å². The molecule has 0 saturated carbocycles. The Bertz CT molecular complexity index is 1110. The van der Waals surface area contributed by atoms with Crippen LogP contribution >= 0.6 is 11.3 Å². The zero-order valence-electron chi connectivity index (χ0n) is 17.7. The maximum atomic E-state index is 12.9. The topological polar surface area (TPSA) is 84.5 Å². The second-order valence-electron chi connectivity index (χ2n) is 6.96. The van der Waals surface area contributed by atoms with Gasteiger partial charge in [-0.15, -0.1) is 11.3 Å². The Morgan fingerprint density at radius 2 is 1.61 bits per heavy atom. The Hall–Kier alpha value is -3.45. The summed E-state index contributed by atoms with van der Waals surface area (Å²) in [5.41, 5.74) is 3.15. The number of carbonyl (C=O) groups is 3. The highest BCUT2D eigenvalue weighted by atomic mass is 32.1. The lowest BCUT2D eigenvalue weighted by molar-refractivity contribution is -0.115. The molecule has 2 aromatic carbocycles. The standard InChI is InChI=1S/C24H24N2O4S/c1-4-30-24(29)20-16(3)21(22(28)25-18-13-9-8-10-15(18)2)31-23(20)26-19(27)14-17-11-6-5-7-12-17/h5-13H,4,14H2,1-3H3,(H,25,28)(H,26,27). The van der Waals surface area contributed by atoms with Crippen molar-refractivity contribution in [3.63, 3.8) is 0 Å². The first-order valence-corrected chi connectivity index (χ1v) is 10.7. The summed E-state index contributed by atoms with van der Waals surface area (Å²) in [6.45, 7) is 5.48. The summed E-state index contributed by atoms with van der Waals surface area (Å²) in [6, 6.07) is 16.7. The van der Waals surface area contributed by atoms with E-state index in [1.54, 1.807) is 13.8 Å². The van der Waals surface area contributed by atoms with Crippen LogP contribution in [0.4, 0.5) is 10.7 Å². The number of hydrogen-bond donors (Lipinski definition) is 2. The molecular weight excluding hydrogens is 412 g/mol. The van der Waals surface area contributed by atoms with E-state index in [1.807, 2.05) is 61.5 Å². The van der Waals surface area contributed by atoms with Gasteiger partial charge in [0, 0.05) is 5.69 Å². The Morgan fingerprint density at radius 3 is 2.29 bits per heavy atom. The number of ether oxygens (including phenoxy) is 1. The second-order valence-corrected chi connectivity index (χ2v) is 7.98. The SMILES string of the molecule is CCOC(=O)c1c(NC(=O)Cc2ccccc2)sc(C(=O)Nc2ccccc2C)c1C. The van der Waals surface area contributed by atoms with Gasteiger partial charge >= 0.3 is 5.97 Å². The molecule has 0 spiro atoms. The van der Waals surface area contributed by atoms with Crippen LogP contribution in [0.25, 0.3) is 0 Å². The molecule has 0 aliphatic heterocycles. The van der Waals surface area contributed by atoms with Crippen LogP contribution in [0.2, 0.25) is 0 Å². The molecule has 0 saturated heterocycles. The van der Waals surface area contributed by atoms with E-state index in [1.165, 1.54) is 0 Å². The number of rotatable bonds is 7. The van der Waals surface area contributed by atoms with E-state index >= 15 is 0 Å². The van der Waals surface area contributed by atoms with Gasteiger partial charge in [-0.25, -0.2) is 4.79 Å². The number of carbonyl (C=O) groups excluding carboxylic acids is 3. The molecular formula is C24H24N2O4S. The molecule has 0 fully saturated rings. The van der Waals surface area contributed by atoms with Gasteiger partial charge in [0.1, 0.15) is 5.00 Å². The third kappa shape index (κ3) is 5.38. The molecule has 7 heteroatoms. The molecule has 31 heavy (non-hydrogen) atoms. The van der Waals surface area contributed by atoms with Crippen molar-refractivity contribution in [3.8, 4) is 0 Å². The van der Waals surface area contributed by atoms with Crippen molar-refractivity contribution in [2.75, 3.05) is 17.2 Å². The average Bonchev–Trinajstić information content (AvgIpc) is 3.06. The van der Waals surface area contributed by atoms with Crippen molar-refractivity contribution in [1.82, 2.24) is 0 Å². The van der Waals surface area contributed by atoms with Crippen molar-refractivity contribution in [2.24, 2.45) is 0 Å². The fourth-order valence-electron chi connectivity index (χ4n) is 3.11. The number of amides is 2. The molecule has 0 aliphatic rings. The van der Waals surface area contributed by atoms with Crippen LogP contribution < -0.4 is 10.6 Å². The molecule has 2 N–H and O–H groups in total. The molecule has 3 aromatic rings. The van der Waals surface area contributed by atoms with Crippen LogP contribution in [-0.2, 0) is 16.0 Å². The molecule has 0 atom stereocenters. The summed E-state index contributed by atoms with van der Waals surface area (Å²) < 4.78 is 5.16. The van der Waals surface area contributed by atoms with E-state index in [0.717, 1.165) is 22.5 Å². The lowest BCUT2D eigenvalue weighted by Gasteiger charge is -2.08. The van der Waals surface area contributed by atoms with Crippen LogP contribution in [-0.4, -0.2) is 24.4 Å². The van der Waals surface area contributed by atoms with Crippen molar-refractivity contribution < 1.29 is 19.1 Å². The number of thiophene rings is 1. The first-order chi connectivity index (χ1) is 14.9. The van der Waals surface area contributed by atoms with Gasteiger partial charge < -0.3 is 15.4 Å². The van der Waals surface area contributed by atoms with E-state index in [2.05, 4.69) is 10.6 Å². The zero-order chi connectivity index (χ0) is 22.4. The molecule has 160 valence electrons. The third-order valence-electron chi connectivity index (χ3n) is 4.69. The highest BCUT2D eigenvalue weighted by Gasteiger charge is 2.27. The van der Waals surface area contributed by atoms with E-state index in [0.29, 0.717) is 21.1 Å². The van der Waals surface area contributed by atoms with Crippen LogP contribution in [0.5, 0.6) is 0 Å². The molecule has 0 bridgehead atoms. The van der Waals surface area contributed by atoms with E-state index in [-0.39, 0.29) is 30.4 Å². The minimum Gasteiger partial charge on any atom is -0.462 e. The molecule has 1 heterocycles. The van der Waals surface area contributed by atoms with Gasteiger partial charge in [0.05, 0.1) is 23.5 Å². The van der Waals surface area contributed by atoms with Crippen molar-refractivity contribution in [2.45, 2.75) is 27.2 Å². The smallest absolute Gasteiger partial charge is 0.341 e. The van der Waals surface area contributed by atoms with Crippen LogP contribution in [0.15, 0.2) is 54.6 Å². The molecule has 0 unspecified atom stereocenters. The van der Waals surface area contributed by atoms with Crippen LogP contribution in [0.1, 0.15) is 43.6 Å². The summed E-state index contributed by atoms with van der Waals surface area (Å²) in [7, 11) is 0. The molecule has 0 radical (unpaired) electrons. The molecule has 6 nitrogen and oxygen atoms in total. The summed E-state index contributed by atoms with van der Waals surface area (Å²) in [5, 5.41) is 5.98. The summed E-state index contributed by atoms with van der Waals surface area (Å²) in [5.74, 6) is -1.18. The van der Waals surface area contributed by atoms with Crippen molar-refractivity contribution in [1.29, 1.82) is 0 Å². The first kappa shape index (κ1) is 22.2. The Balaban J connectivity index is 1.89. The molecule has 1 aromatic heterocycles. The minimum absolute atomic E-state index is 0.158. The second kappa shape index (κ2) is 10.0. The van der Waals surface area contributed by atoms with Crippen molar-refractivity contribution in [3.05, 3.63) is 81.7 Å². The van der Waals surface area contributed by atoms with Gasteiger partial charge in [0.15, 0.2) is 0 Å². The predicted octanol–water partition coefficient (Wildman–Crippen LogP) is 4.98. The van der Waals surface area contributed by atoms with Crippen molar-refractivity contribution >= 4 is 39.8 Å². The number of hydrogen-bond acceptors (Lipinski definition) is 5. The van der Waals surface area contributed by atoms with Crippen LogP contribution in [0, 0.1) is 13.8 Å². The predicted molar refractivity (Wildman–Crippen MR) is 123 cm³/mol. The number of esters is 1. The number of para-hydroxylation sites is 1. The zero-order valence-corrected chi connectivity index (χ0v) is 18.5. The summed E-state index contributed by atoms with van der Waals surface area (Å²) >= 11 is 1.07. The van der Waals surface area contributed by atoms with E-state index in [4.69, 9.17) is 4.74 Å². The van der Waals surface area contributed by atoms with Gasteiger partial charge in [0.25, 0.3) is 5.91 Å². The fourth-order valence-corrected chi connectivity index (χ4v) is 4.22. The van der Waals surface area contributed by atoms with Gasteiger partial charge in [-0.3, -0.25) is 9.59 Å². The maximum absolute atomic E-state index is 12.9. The first-order valence-electron chi connectivity index (χ1n) is 9.92. The van der Waals surface area contributed by atoms with Gasteiger partial charge in [-0.1, -0.05) is 48.5 Å². The molecule has 3 rings (SSSR count). The molecule has 0 aliphatic carbocycles. The Morgan fingerprint density at radius 1 is 0.935 bits per heavy atom. The summed E-state index contributed by atoms with van der Waals surface area (Å²) in [4.78, 5) is 38.5. The number of aryl methyl sites for hydroxylation is 1.